The van der Waals surface area contributed by atoms with Gasteiger partial charge in [-0.15, -0.1) is 0 Å². The number of nitro benzene ring substituents is 1. The van der Waals surface area contributed by atoms with Crippen molar-refractivity contribution in [3.05, 3.63) is 99.7 Å². The van der Waals surface area contributed by atoms with Crippen LogP contribution in [0.15, 0.2) is 77.8 Å². The van der Waals surface area contributed by atoms with E-state index in [0.717, 1.165) is 62.6 Å². The number of carbonyl (C=O) groups excluding carboxylic acids is 1. The molecule has 2 aromatic heterocycles. The molecule has 3 atom stereocenters. The van der Waals surface area contributed by atoms with Crippen molar-refractivity contribution >= 4 is 44.0 Å². The SMILES string of the molecule is CC(C)c1ccccc1[C@@H]1CCCN1C1CC2(CCN(c3ccc(C(=O)NS(=O)(=O)c4cc5c(c([N+](=O)[O-])c4)N[C@@H]([C@H]4CC[C@](C)(O)CC4)CO5)c(Oc4cc5cc[nH]c5nc4O[C@@H]4CCN(C)C4)c3)CC2)C1. The first kappa shape index (κ1) is 49.3. The number of pyridine rings is 1. The Kier molecular flexibility index (Phi) is 13.1. The Balaban J connectivity index is 0.846. The second-order valence-corrected chi connectivity index (χ2v) is 24.1. The van der Waals surface area contributed by atoms with Crippen molar-refractivity contribution in [2.24, 2.45) is 11.3 Å². The summed E-state index contributed by atoms with van der Waals surface area (Å²) >= 11 is 0. The number of nitro groups is 1. The molecule has 5 aromatic rings. The number of hydrogen-bond acceptors (Lipinski definition) is 14. The number of nitrogens with zero attached hydrogens (tertiary/aromatic N) is 5. The maximum atomic E-state index is 14.5. The molecule has 6 heterocycles. The third-order valence-corrected chi connectivity index (χ3v) is 18.3. The molecule has 4 N–H and O–H groups in total. The largest absolute Gasteiger partial charge is 0.489 e. The van der Waals surface area contributed by atoms with Crippen molar-refractivity contribution < 1.29 is 37.5 Å². The highest BCUT2D eigenvalue weighted by atomic mass is 32.2. The maximum Gasteiger partial charge on any atom is 0.297 e. The zero-order valence-electron chi connectivity index (χ0n) is 42.3. The highest BCUT2D eigenvalue weighted by Gasteiger charge is 2.50. The molecule has 3 aromatic carbocycles. The van der Waals surface area contributed by atoms with Gasteiger partial charge in [0.05, 0.1) is 27.0 Å². The van der Waals surface area contributed by atoms with Crippen LogP contribution in [0.3, 0.4) is 0 Å². The van der Waals surface area contributed by atoms with E-state index in [-0.39, 0.29) is 64.5 Å². The van der Waals surface area contributed by atoms with E-state index in [9.17, 15) is 28.4 Å². The smallest absolute Gasteiger partial charge is 0.297 e. The quantitative estimate of drug-likeness (QED) is 0.0641. The lowest BCUT2D eigenvalue weighted by Gasteiger charge is -2.56. The Morgan fingerprint density at radius 1 is 0.973 bits per heavy atom. The van der Waals surface area contributed by atoms with E-state index >= 15 is 0 Å². The molecule has 2 aliphatic carbocycles. The molecule has 0 radical (unpaired) electrons. The number of likely N-dealkylation sites (tertiary alicyclic amines) is 2. The maximum absolute atomic E-state index is 14.5. The van der Waals surface area contributed by atoms with Crippen LogP contribution in [-0.2, 0) is 10.0 Å². The molecule has 0 unspecified atom stereocenters. The van der Waals surface area contributed by atoms with Crippen LogP contribution in [0.25, 0.3) is 11.0 Å². The molecule has 5 fully saturated rings. The lowest BCUT2D eigenvalue weighted by atomic mass is 9.59. The number of ether oxygens (including phenoxy) is 3. The number of benzene rings is 3. The number of aromatic nitrogens is 2. The van der Waals surface area contributed by atoms with Gasteiger partial charge in [-0.3, -0.25) is 19.8 Å². The van der Waals surface area contributed by atoms with Crippen molar-refractivity contribution in [3.8, 4) is 23.1 Å². The van der Waals surface area contributed by atoms with Crippen molar-refractivity contribution in [3.63, 3.8) is 0 Å². The highest BCUT2D eigenvalue weighted by Crippen LogP contribution is 2.55. The van der Waals surface area contributed by atoms with E-state index < -0.39 is 37.0 Å². The lowest BCUT2D eigenvalue weighted by Crippen LogP contribution is -2.54. The number of aromatic amines is 1. The van der Waals surface area contributed by atoms with E-state index in [1.165, 1.54) is 42.9 Å². The first-order valence-corrected chi connectivity index (χ1v) is 27.7. The van der Waals surface area contributed by atoms with Gasteiger partial charge in [-0.25, -0.2) is 13.1 Å². The minimum Gasteiger partial charge on any atom is -0.489 e. The molecule has 1 amide bonds. The number of fused-ring (bicyclic) bond motifs is 2. The van der Waals surface area contributed by atoms with Gasteiger partial charge in [-0.2, -0.15) is 4.98 Å². The van der Waals surface area contributed by atoms with E-state index in [0.29, 0.717) is 55.9 Å². The van der Waals surface area contributed by atoms with Crippen LogP contribution < -0.4 is 29.1 Å². The molecular weight excluding hydrogens is 949 g/mol. The van der Waals surface area contributed by atoms with Gasteiger partial charge in [0.1, 0.15) is 24.1 Å². The second kappa shape index (κ2) is 19.4. The van der Waals surface area contributed by atoms with Crippen LogP contribution in [-0.4, -0.2) is 114 Å². The van der Waals surface area contributed by atoms with Crippen molar-refractivity contribution in [2.45, 2.75) is 132 Å². The van der Waals surface area contributed by atoms with Gasteiger partial charge in [0.25, 0.3) is 27.5 Å². The molecule has 2 saturated carbocycles. The summed E-state index contributed by atoms with van der Waals surface area (Å²) in [6, 6.07) is 20.7. The standard InChI is InChI=1S/C55H68N8O9S/c1-34(2)41-8-5-6-9-42(41)45-10-7-22-62(45)38-30-55(31-38)19-24-61(25-20-55)37-11-12-43(47(27-37)72-49-26-36-15-21-56-51(36)58-53(49)71-39-16-23-60(4)32-39)52(64)59-73(68,69)40-28-46(63(66)67)50-48(29-40)70-33-44(57-50)35-13-17-54(3,65)18-14-35/h5-6,8-9,11-12,15,21,26-29,34-35,38-39,44-45,57,65H,7,10,13-14,16-20,22-25,30-33H2,1-4H3,(H,56,58)(H,59,64)/t35-,39-,44-,45+,54-/m1/s1. The number of sulfonamides is 1. The second-order valence-electron chi connectivity index (χ2n) is 22.4. The zero-order valence-corrected chi connectivity index (χ0v) is 43.1. The normalized spacial score (nSPS) is 25.5. The first-order valence-electron chi connectivity index (χ1n) is 26.3. The fourth-order valence-electron chi connectivity index (χ4n) is 12.8. The number of aliphatic hydroxyl groups is 1. The molecule has 17 nitrogen and oxygen atoms in total. The Morgan fingerprint density at radius 2 is 1.75 bits per heavy atom. The summed E-state index contributed by atoms with van der Waals surface area (Å²) in [5.74, 6) is 0.182. The summed E-state index contributed by atoms with van der Waals surface area (Å²) in [5, 5.41) is 27.0. The molecule has 0 bridgehead atoms. The molecule has 11 rings (SSSR count). The van der Waals surface area contributed by atoms with Gasteiger partial charge >= 0.3 is 0 Å². The Bertz CT molecular complexity index is 3010. The zero-order chi connectivity index (χ0) is 50.8. The minimum absolute atomic E-state index is 0.00326. The summed E-state index contributed by atoms with van der Waals surface area (Å²) in [6.07, 6.45) is 11.8. The predicted molar refractivity (Wildman–Crippen MR) is 278 cm³/mol. The average Bonchev–Trinajstić information content (AvgIpc) is 4.14. The minimum atomic E-state index is -4.72. The van der Waals surface area contributed by atoms with E-state index in [1.54, 1.807) is 24.4 Å². The monoisotopic (exact) mass is 1020 g/mol. The molecule has 6 aliphatic rings. The van der Waals surface area contributed by atoms with Crippen molar-refractivity contribution in [1.29, 1.82) is 0 Å². The molecule has 1 spiro atoms. The van der Waals surface area contributed by atoms with Crippen LogP contribution in [0.4, 0.5) is 17.1 Å². The van der Waals surface area contributed by atoms with Gasteiger partial charge in [0, 0.05) is 73.7 Å². The van der Waals surface area contributed by atoms with Gasteiger partial charge in [0.2, 0.25) is 0 Å². The fraction of sp³-hybridized carbons (Fsp3) is 0.527. The summed E-state index contributed by atoms with van der Waals surface area (Å²) < 4.78 is 49.8. The third-order valence-electron chi connectivity index (χ3n) is 17.0. The van der Waals surface area contributed by atoms with Crippen LogP contribution in [0.2, 0.25) is 0 Å². The Labute approximate surface area is 427 Å². The summed E-state index contributed by atoms with van der Waals surface area (Å²) in [5.41, 5.74) is 3.40. The number of anilines is 2. The number of hydrogen-bond donors (Lipinski definition) is 4. The Morgan fingerprint density at radius 3 is 2.49 bits per heavy atom. The van der Waals surface area contributed by atoms with Gasteiger partial charge in [-0.05, 0) is 144 Å². The number of rotatable bonds is 13. The fourth-order valence-corrected chi connectivity index (χ4v) is 13.8. The first-order chi connectivity index (χ1) is 35.0. The molecule has 4 aliphatic heterocycles. The number of amides is 1. The summed E-state index contributed by atoms with van der Waals surface area (Å²) in [7, 11) is -2.68. The van der Waals surface area contributed by atoms with Crippen molar-refractivity contribution in [2.75, 3.05) is 56.6 Å². The molecule has 388 valence electrons. The van der Waals surface area contributed by atoms with E-state index in [2.05, 4.69) is 67.8 Å². The van der Waals surface area contributed by atoms with Crippen LogP contribution in [0.1, 0.15) is 125 Å². The average molecular weight is 1020 g/mol. The van der Waals surface area contributed by atoms with Gasteiger partial charge < -0.3 is 39.4 Å². The highest BCUT2D eigenvalue weighted by molar-refractivity contribution is 7.90. The molecule has 73 heavy (non-hydrogen) atoms. The van der Waals surface area contributed by atoms with Crippen LogP contribution in [0, 0.1) is 21.4 Å². The Hall–Kier alpha value is -5.95. The number of carbonyl (C=O) groups is 1. The lowest BCUT2D eigenvalue weighted by molar-refractivity contribution is -0.384. The van der Waals surface area contributed by atoms with Crippen LogP contribution in [0.5, 0.6) is 23.1 Å². The number of H-pyrrole nitrogens is 1. The number of nitrogens with one attached hydrogen (secondary N) is 3. The predicted octanol–water partition coefficient (Wildman–Crippen LogP) is 9.29. The van der Waals surface area contributed by atoms with Gasteiger partial charge in [-0.1, -0.05) is 38.1 Å². The molecule has 3 saturated heterocycles. The number of likely N-dealkylation sites (N-methyl/N-ethyl adjacent to an activating group) is 1. The van der Waals surface area contributed by atoms with Gasteiger partial charge in [0.15, 0.2) is 17.2 Å². The van der Waals surface area contributed by atoms with E-state index in [4.69, 9.17) is 19.2 Å². The molecular formula is C55H68N8O9S. The topological polar surface area (TPSA) is 205 Å². The summed E-state index contributed by atoms with van der Waals surface area (Å²) in [6.45, 7) is 10.8. The summed E-state index contributed by atoms with van der Waals surface area (Å²) in [4.78, 5) is 41.0. The van der Waals surface area contributed by atoms with Crippen LogP contribution >= 0.6 is 0 Å². The van der Waals surface area contributed by atoms with E-state index in [1.807, 2.05) is 26.1 Å². The number of piperidine rings is 1. The third kappa shape index (κ3) is 9.95. The molecule has 18 heteroatoms. The van der Waals surface area contributed by atoms with Crippen molar-refractivity contribution in [1.82, 2.24) is 24.5 Å².